The maximum absolute atomic E-state index is 12.5. The summed E-state index contributed by atoms with van der Waals surface area (Å²) in [5.74, 6) is 1.02. The largest absolute Gasteiger partial charge is 0.354 e. The van der Waals surface area contributed by atoms with Crippen molar-refractivity contribution in [2.75, 3.05) is 35.8 Å². The maximum atomic E-state index is 12.5. The first-order valence-electron chi connectivity index (χ1n) is 9.75. The number of halogens is 1. The number of sulfonamides is 1. The molecular formula is C22H23ClN4O2S. The molecule has 8 heteroatoms. The Balaban J connectivity index is 1.32. The van der Waals surface area contributed by atoms with Crippen LogP contribution in [0.25, 0.3) is 0 Å². The molecule has 0 saturated carbocycles. The lowest BCUT2D eigenvalue weighted by Crippen LogP contribution is -2.46. The predicted molar refractivity (Wildman–Crippen MR) is 120 cm³/mol. The van der Waals surface area contributed by atoms with Crippen LogP contribution in [-0.4, -0.2) is 44.5 Å². The van der Waals surface area contributed by atoms with Crippen LogP contribution in [-0.2, 0) is 16.6 Å². The fourth-order valence-electron chi connectivity index (χ4n) is 3.44. The molecule has 1 fully saturated rings. The molecule has 1 aliphatic rings. The van der Waals surface area contributed by atoms with Crippen molar-refractivity contribution in [2.24, 2.45) is 0 Å². The molecule has 3 aromatic rings. The summed E-state index contributed by atoms with van der Waals surface area (Å²) in [6.45, 7) is 4.63. The highest BCUT2D eigenvalue weighted by molar-refractivity contribution is 7.92. The quantitative estimate of drug-likeness (QED) is 0.628. The first-order chi connectivity index (χ1) is 14.5. The van der Waals surface area contributed by atoms with E-state index >= 15 is 0 Å². The van der Waals surface area contributed by atoms with Crippen molar-refractivity contribution in [2.45, 2.75) is 11.4 Å². The topological polar surface area (TPSA) is 65.5 Å². The van der Waals surface area contributed by atoms with Gasteiger partial charge in [-0.2, -0.15) is 0 Å². The van der Waals surface area contributed by atoms with Crippen LogP contribution in [0.5, 0.6) is 0 Å². The molecule has 0 amide bonds. The molecule has 2 heterocycles. The zero-order chi connectivity index (χ0) is 21.0. The Hall–Kier alpha value is -2.61. The van der Waals surface area contributed by atoms with Gasteiger partial charge in [-0.1, -0.05) is 29.8 Å². The average Bonchev–Trinajstić information content (AvgIpc) is 2.76. The van der Waals surface area contributed by atoms with E-state index in [1.165, 1.54) is 12.1 Å². The standard InChI is InChI=1S/C22H23ClN4O2S/c23-19-6-10-21(11-7-19)30(28,29)25-20-8-4-18(5-9-20)17-26-13-15-27(16-14-26)22-3-1-2-12-24-22/h1-12,25H,13-17H2. The minimum absolute atomic E-state index is 0.182. The normalized spacial score (nSPS) is 15.2. The Morgan fingerprint density at radius 2 is 1.60 bits per heavy atom. The van der Waals surface area contributed by atoms with E-state index in [2.05, 4.69) is 19.5 Å². The molecule has 0 aliphatic carbocycles. The van der Waals surface area contributed by atoms with Gasteiger partial charge in [0, 0.05) is 49.6 Å². The Bertz CT molecular complexity index is 1070. The van der Waals surface area contributed by atoms with Crippen molar-refractivity contribution in [1.29, 1.82) is 0 Å². The smallest absolute Gasteiger partial charge is 0.261 e. The molecule has 30 heavy (non-hydrogen) atoms. The second kappa shape index (κ2) is 9.04. The number of nitrogens with zero attached hydrogens (tertiary/aromatic N) is 3. The SMILES string of the molecule is O=S(=O)(Nc1ccc(CN2CCN(c3ccccn3)CC2)cc1)c1ccc(Cl)cc1. The summed E-state index contributed by atoms with van der Waals surface area (Å²) < 4.78 is 27.6. The van der Waals surface area contributed by atoms with Crippen LogP contribution in [0, 0.1) is 0 Å². The summed E-state index contributed by atoms with van der Waals surface area (Å²) in [6.07, 6.45) is 1.82. The number of pyridine rings is 1. The van der Waals surface area contributed by atoms with Crippen LogP contribution in [0.2, 0.25) is 5.02 Å². The molecule has 6 nitrogen and oxygen atoms in total. The Morgan fingerprint density at radius 3 is 2.23 bits per heavy atom. The number of hydrogen-bond acceptors (Lipinski definition) is 5. The van der Waals surface area contributed by atoms with Crippen molar-refractivity contribution in [3.8, 4) is 0 Å². The molecule has 0 unspecified atom stereocenters. The third kappa shape index (κ3) is 5.11. The van der Waals surface area contributed by atoms with Crippen molar-refractivity contribution in [3.05, 3.63) is 83.5 Å². The molecular weight excluding hydrogens is 420 g/mol. The summed E-state index contributed by atoms with van der Waals surface area (Å²) in [4.78, 5) is 9.30. The summed E-state index contributed by atoms with van der Waals surface area (Å²) in [6, 6.07) is 19.6. The molecule has 1 saturated heterocycles. The lowest BCUT2D eigenvalue weighted by atomic mass is 10.2. The van der Waals surface area contributed by atoms with E-state index in [1.807, 2.05) is 36.5 Å². The number of piperazine rings is 1. The van der Waals surface area contributed by atoms with E-state index in [0.29, 0.717) is 10.7 Å². The van der Waals surface area contributed by atoms with E-state index in [9.17, 15) is 8.42 Å². The van der Waals surface area contributed by atoms with Crippen LogP contribution >= 0.6 is 11.6 Å². The van der Waals surface area contributed by atoms with Gasteiger partial charge in [-0.3, -0.25) is 9.62 Å². The Labute approximate surface area is 182 Å². The van der Waals surface area contributed by atoms with Gasteiger partial charge in [0.1, 0.15) is 5.82 Å². The van der Waals surface area contributed by atoms with Gasteiger partial charge in [-0.25, -0.2) is 13.4 Å². The highest BCUT2D eigenvalue weighted by Gasteiger charge is 2.18. The lowest BCUT2D eigenvalue weighted by molar-refractivity contribution is 0.249. The van der Waals surface area contributed by atoms with E-state index < -0.39 is 10.0 Å². The third-order valence-electron chi connectivity index (χ3n) is 5.08. The van der Waals surface area contributed by atoms with E-state index in [4.69, 9.17) is 11.6 Å². The summed E-state index contributed by atoms with van der Waals surface area (Å²) in [5, 5.41) is 0.499. The number of aromatic nitrogens is 1. The van der Waals surface area contributed by atoms with Gasteiger partial charge >= 0.3 is 0 Å². The van der Waals surface area contributed by atoms with Crippen LogP contribution in [0.4, 0.5) is 11.5 Å². The average molecular weight is 443 g/mol. The molecule has 1 aliphatic heterocycles. The van der Waals surface area contributed by atoms with Gasteiger partial charge in [-0.15, -0.1) is 0 Å². The third-order valence-corrected chi connectivity index (χ3v) is 6.73. The van der Waals surface area contributed by atoms with Crippen molar-refractivity contribution >= 4 is 33.1 Å². The minimum atomic E-state index is -3.63. The van der Waals surface area contributed by atoms with Gasteiger partial charge in [0.25, 0.3) is 10.0 Å². The summed E-state index contributed by atoms with van der Waals surface area (Å²) >= 11 is 5.83. The molecule has 1 N–H and O–H groups in total. The molecule has 0 atom stereocenters. The lowest BCUT2D eigenvalue weighted by Gasteiger charge is -2.35. The first-order valence-corrected chi connectivity index (χ1v) is 11.6. The molecule has 1 aromatic heterocycles. The van der Waals surface area contributed by atoms with E-state index in [1.54, 1.807) is 24.3 Å². The Kier molecular flexibility index (Phi) is 6.22. The number of rotatable bonds is 6. The summed E-state index contributed by atoms with van der Waals surface area (Å²) in [5.41, 5.74) is 1.68. The van der Waals surface area contributed by atoms with Crippen molar-refractivity contribution in [1.82, 2.24) is 9.88 Å². The minimum Gasteiger partial charge on any atom is -0.354 e. The monoisotopic (exact) mass is 442 g/mol. The van der Waals surface area contributed by atoms with Gasteiger partial charge in [0.2, 0.25) is 0 Å². The van der Waals surface area contributed by atoms with Crippen LogP contribution < -0.4 is 9.62 Å². The van der Waals surface area contributed by atoms with Gasteiger partial charge in [0.05, 0.1) is 4.90 Å². The van der Waals surface area contributed by atoms with Crippen molar-refractivity contribution in [3.63, 3.8) is 0 Å². The fraction of sp³-hybridized carbons (Fsp3) is 0.227. The second-order valence-corrected chi connectivity index (χ2v) is 9.33. The van der Waals surface area contributed by atoms with Gasteiger partial charge in [0.15, 0.2) is 0 Å². The van der Waals surface area contributed by atoms with Crippen LogP contribution in [0.15, 0.2) is 77.8 Å². The zero-order valence-corrected chi connectivity index (χ0v) is 18.0. The Morgan fingerprint density at radius 1 is 0.900 bits per heavy atom. The molecule has 4 rings (SSSR count). The van der Waals surface area contributed by atoms with E-state index in [-0.39, 0.29) is 4.90 Å². The van der Waals surface area contributed by atoms with E-state index in [0.717, 1.165) is 44.1 Å². The first kappa shape index (κ1) is 20.7. The maximum Gasteiger partial charge on any atom is 0.261 e. The number of nitrogens with one attached hydrogen (secondary N) is 1. The van der Waals surface area contributed by atoms with Gasteiger partial charge in [-0.05, 0) is 54.1 Å². The molecule has 2 aromatic carbocycles. The fourth-order valence-corrected chi connectivity index (χ4v) is 4.62. The van der Waals surface area contributed by atoms with Crippen LogP contribution in [0.1, 0.15) is 5.56 Å². The zero-order valence-electron chi connectivity index (χ0n) is 16.4. The molecule has 0 spiro atoms. The van der Waals surface area contributed by atoms with Gasteiger partial charge < -0.3 is 4.90 Å². The number of benzene rings is 2. The number of hydrogen-bond donors (Lipinski definition) is 1. The highest BCUT2D eigenvalue weighted by atomic mass is 35.5. The highest BCUT2D eigenvalue weighted by Crippen LogP contribution is 2.20. The van der Waals surface area contributed by atoms with Crippen LogP contribution in [0.3, 0.4) is 0 Å². The molecule has 0 bridgehead atoms. The molecule has 156 valence electrons. The molecule has 0 radical (unpaired) electrons. The van der Waals surface area contributed by atoms with Crippen molar-refractivity contribution < 1.29 is 8.42 Å². The number of anilines is 2. The summed E-state index contributed by atoms with van der Waals surface area (Å²) in [7, 11) is -3.63. The second-order valence-electron chi connectivity index (χ2n) is 7.21. The predicted octanol–water partition coefficient (Wildman–Crippen LogP) is 3.86.